The molecule has 0 radical (unpaired) electrons. The average Bonchev–Trinajstić information content (AvgIpc) is 2.67. The molecule has 0 bridgehead atoms. The Morgan fingerprint density at radius 3 is 2.71 bits per heavy atom. The first kappa shape index (κ1) is 19.9. The maximum Gasteiger partial charge on any atom is 0.253 e. The molecule has 1 fully saturated rings. The van der Waals surface area contributed by atoms with E-state index in [4.69, 9.17) is 16.0 Å². The molecule has 28 heavy (non-hydrogen) atoms. The number of hydrogen-bond donors (Lipinski definition) is 3. The molecule has 1 aromatic carbocycles. The van der Waals surface area contributed by atoms with Gasteiger partial charge in [0.1, 0.15) is 5.75 Å². The predicted molar refractivity (Wildman–Crippen MR) is 109 cm³/mol. The number of benzene rings is 1. The largest absolute Gasteiger partial charge is 0.491 e. The number of rotatable bonds is 4. The highest BCUT2D eigenvalue weighted by Crippen LogP contribution is 2.21. The molecular weight excluding hydrogens is 356 g/mol. The summed E-state index contributed by atoms with van der Waals surface area (Å²) in [4.78, 5) is 19.0. The minimum Gasteiger partial charge on any atom is -0.491 e. The Morgan fingerprint density at radius 1 is 1.36 bits per heavy atom. The summed E-state index contributed by atoms with van der Waals surface area (Å²) in [5.41, 5.74) is 1.34. The van der Waals surface area contributed by atoms with Gasteiger partial charge in [-0.25, -0.2) is 5.84 Å². The number of aromatic nitrogens is 1. The summed E-state index contributed by atoms with van der Waals surface area (Å²) in [5, 5.41) is 13.2. The molecule has 1 aliphatic heterocycles. The second-order valence-electron chi connectivity index (χ2n) is 7.41. The third kappa shape index (κ3) is 4.69. The summed E-state index contributed by atoms with van der Waals surface area (Å²) in [6.45, 7) is 5.35. The van der Waals surface area contributed by atoms with Gasteiger partial charge in [0.05, 0.1) is 17.2 Å². The second-order valence-corrected chi connectivity index (χ2v) is 7.41. The minimum absolute atomic E-state index is 0.0807. The normalized spacial score (nSPS) is 15.0. The number of nitrogens with one attached hydrogen (secondary N) is 2. The standard InChI is InChI=1S/C20H28N6O2/c1-13(2)28-17-5-4-14-10-15(12-23-18(14)11-17)19(27)24-16-6-8-26(9-7-16)20(21)25(3)22/h4-5,10-13,16,21H,6-9,22H2,1-3H3,(H,24,27). The van der Waals surface area contributed by atoms with Crippen LogP contribution in [0.2, 0.25) is 0 Å². The first-order chi connectivity index (χ1) is 13.3. The minimum atomic E-state index is -0.124. The fraction of sp³-hybridized carbons (Fsp3) is 0.450. The summed E-state index contributed by atoms with van der Waals surface area (Å²) in [5.74, 6) is 6.56. The van der Waals surface area contributed by atoms with Gasteiger partial charge >= 0.3 is 0 Å². The maximum absolute atomic E-state index is 12.6. The van der Waals surface area contributed by atoms with Gasteiger partial charge in [0.15, 0.2) is 0 Å². The molecule has 0 unspecified atom stereocenters. The van der Waals surface area contributed by atoms with Crippen LogP contribution in [-0.4, -0.2) is 59.0 Å². The van der Waals surface area contributed by atoms with E-state index in [1.165, 1.54) is 5.01 Å². The molecule has 0 aliphatic carbocycles. The van der Waals surface area contributed by atoms with Gasteiger partial charge in [-0.1, -0.05) is 0 Å². The number of amides is 1. The Hall–Kier alpha value is -2.87. The average molecular weight is 384 g/mol. The second kappa shape index (κ2) is 8.43. The van der Waals surface area contributed by atoms with Crippen molar-refractivity contribution in [2.45, 2.75) is 38.8 Å². The highest BCUT2D eigenvalue weighted by Gasteiger charge is 2.23. The third-order valence-corrected chi connectivity index (χ3v) is 4.75. The predicted octanol–water partition coefficient (Wildman–Crippen LogP) is 1.96. The topological polar surface area (TPSA) is 108 Å². The van der Waals surface area contributed by atoms with E-state index in [0.717, 1.165) is 29.5 Å². The van der Waals surface area contributed by atoms with Crippen LogP contribution < -0.4 is 15.9 Å². The van der Waals surface area contributed by atoms with Crippen LogP contribution in [0.1, 0.15) is 37.0 Å². The van der Waals surface area contributed by atoms with Gasteiger partial charge in [0, 0.05) is 43.8 Å². The van der Waals surface area contributed by atoms with Crippen LogP contribution in [0.15, 0.2) is 30.5 Å². The number of pyridine rings is 1. The van der Waals surface area contributed by atoms with Crippen LogP contribution >= 0.6 is 0 Å². The number of hydrogen-bond acceptors (Lipinski definition) is 5. The lowest BCUT2D eigenvalue weighted by atomic mass is 10.0. The summed E-state index contributed by atoms with van der Waals surface area (Å²) >= 11 is 0. The van der Waals surface area contributed by atoms with Crippen molar-refractivity contribution in [1.29, 1.82) is 5.41 Å². The summed E-state index contributed by atoms with van der Waals surface area (Å²) in [6, 6.07) is 7.63. The number of carbonyl (C=O) groups excluding carboxylic acids is 1. The van der Waals surface area contributed by atoms with Crippen LogP contribution in [-0.2, 0) is 0 Å². The maximum atomic E-state index is 12.6. The smallest absolute Gasteiger partial charge is 0.253 e. The van der Waals surface area contributed by atoms with E-state index in [1.807, 2.05) is 43.0 Å². The van der Waals surface area contributed by atoms with Crippen LogP contribution in [0.5, 0.6) is 5.75 Å². The molecule has 2 aromatic rings. The number of ether oxygens (including phenoxy) is 1. The van der Waals surface area contributed by atoms with E-state index in [2.05, 4.69) is 10.3 Å². The Kier molecular flexibility index (Phi) is 5.99. The molecule has 0 spiro atoms. The van der Waals surface area contributed by atoms with Gasteiger partial charge in [-0.2, -0.15) is 0 Å². The molecule has 1 aliphatic rings. The van der Waals surface area contributed by atoms with Crippen molar-refractivity contribution in [1.82, 2.24) is 20.2 Å². The number of piperidine rings is 1. The molecular formula is C20H28N6O2. The Bertz CT molecular complexity index is 859. The highest BCUT2D eigenvalue weighted by atomic mass is 16.5. The Balaban J connectivity index is 1.62. The van der Waals surface area contributed by atoms with Gasteiger partial charge in [0.25, 0.3) is 5.91 Å². The molecule has 3 rings (SSSR count). The van der Waals surface area contributed by atoms with E-state index in [1.54, 1.807) is 13.2 Å². The number of nitrogens with two attached hydrogens (primary N) is 1. The molecule has 1 saturated heterocycles. The van der Waals surface area contributed by atoms with Crippen LogP contribution in [0.25, 0.3) is 10.9 Å². The van der Waals surface area contributed by atoms with Crippen LogP contribution in [0, 0.1) is 5.41 Å². The number of carbonyl (C=O) groups is 1. The van der Waals surface area contributed by atoms with Crippen molar-refractivity contribution in [3.63, 3.8) is 0 Å². The molecule has 0 atom stereocenters. The lowest BCUT2D eigenvalue weighted by molar-refractivity contribution is 0.0920. The SMILES string of the molecule is CC(C)Oc1ccc2cc(C(=O)NC3CCN(C(=N)N(C)N)CC3)cnc2c1. The Labute approximate surface area is 165 Å². The van der Waals surface area contributed by atoms with E-state index < -0.39 is 0 Å². The van der Waals surface area contributed by atoms with Crippen LogP contribution in [0.3, 0.4) is 0 Å². The van der Waals surface area contributed by atoms with Crippen molar-refractivity contribution in [2.24, 2.45) is 5.84 Å². The lowest BCUT2D eigenvalue weighted by Crippen LogP contribution is -2.51. The molecule has 1 amide bonds. The van der Waals surface area contributed by atoms with Crippen molar-refractivity contribution >= 4 is 22.8 Å². The van der Waals surface area contributed by atoms with Gasteiger partial charge in [-0.05, 0) is 44.9 Å². The van der Waals surface area contributed by atoms with Crippen LogP contribution in [0.4, 0.5) is 0 Å². The zero-order valence-corrected chi connectivity index (χ0v) is 16.6. The molecule has 4 N–H and O–H groups in total. The number of nitrogens with zero attached hydrogens (tertiary/aromatic N) is 3. The van der Waals surface area contributed by atoms with Crippen molar-refractivity contribution in [3.05, 3.63) is 36.0 Å². The monoisotopic (exact) mass is 384 g/mol. The van der Waals surface area contributed by atoms with E-state index in [0.29, 0.717) is 24.6 Å². The van der Waals surface area contributed by atoms with Gasteiger partial charge in [0.2, 0.25) is 5.96 Å². The third-order valence-electron chi connectivity index (χ3n) is 4.75. The molecule has 0 saturated carbocycles. The van der Waals surface area contributed by atoms with Gasteiger partial charge in [-0.3, -0.25) is 20.2 Å². The number of likely N-dealkylation sites (tertiary alicyclic amines) is 1. The van der Waals surface area contributed by atoms with Gasteiger partial charge < -0.3 is 15.0 Å². The van der Waals surface area contributed by atoms with Crippen molar-refractivity contribution < 1.29 is 9.53 Å². The number of guanidine groups is 1. The van der Waals surface area contributed by atoms with E-state index in [9.17, 15) is 4.79 Å². The summed E-state index contributed by atoms with van der Waals surface area (Å²) < 4.78 is 5.69. The fourth-order valence-corrected chi connectivity index (χ4v) is 3.30. The number of hydrazine groups is 1. The zero-order chi connectivity index (χ0) is 20.3. The molecule has 1 aromatic heterocycles. The molecule has 150 valence electrons. The van der Waals surface area contributed by atoms with E-state index in [-0.39, 0.29) is 18.1 Å². The van der Waals surface area contributed by atoms with E-state index >= 15 is 0 Å². The number of fused-ring (bicyclic) bond motifs is 1. The first-order valence-electron chi connectivity index (χ1n) is 9.52. The van der Waals surface area contributed by atoms with Gasteiger partial charge in [-0.15, -0.1) is 0 Å². The van der Waals surface area contributed by atoms with Crippen molar-refractivity contribution in [3.8, 4) is 5.75 Å². The molecule has 2 heterocycles. The zero-order valence-electron chi connectivity index (χ0n) is 16.6. The first-order valence-corrected chi connectivity index (χ1v) is 9.52. The Morgan fingerprint density at radius 2 is 2.07 bits per heavy atom. The summed E-state index contributed by atoms with van der Waals surface area (Å²) in [7, 11) is 1.65. The summed E-state index contributed by atoms with van der Waals surface area (Å²) in [6.07, 6.45) is 3.26. The fourth-order valence-electron chi connectivity index (χ4n) is 3.30. The quantitative estimate of drug-likeness (QED) is 0.322. The molecule has 8 nitrogen and oxygen atoms in total. The lowest BCUT2D eigenvalue weighted by Gasteiger charge is -2.35. The highest BCUT2D eigenvalue weighted by molar-refractivity contribution is 5.97. The molecule has 8 heteroatoms. The van der Waals surface area contributed by atoms with Crippen molar-refractivity contribution in [2.75, 3.05) is 20.1 Å².